The van der Waals surface area contributed by atoms with Gasteiger partial charge in [-0.1, -0.05) is 30.3 Å². The van der Waals surface area contributed by atoms with E-state index in [0.29, 0.717) is 0 Å². The molecule has 0 aromatic heterocycles. The Labute approximate surface area is 149 Å². The number of nitrogens with zero attached hydrogens (tertiary/aromatic N) is 1. The second kappa shape index (κ2) is 7.28. The van der Waals surface area contributed by atoms with Gasteiger partial charge < -0.3 is 15.5 Å². The monoisotopic (exact) mass is 335 g/mol. The molecular weight excluding hydrogens is 310 g/mol. The summed E-state index contributed by atoms with van der Waals surface area (Å²) in [7, 11) is 0. The third-order valence-electron chi connectivity index (χ3n) is 5.29. The zero-order valence-electron chi connectivity index (χ0n) is 14.5. The molecule has 2 heterocycles. The van der Waals surface area contributed by atoms with Crippen molar-refractivity contribution in [3.63, 3.8) is 0 Å². The summed E-state index contributed by atoms with van der Waals surface area (Å²) in [5.41, 5.74) is 4.96. The predicted molar refractivity (Wildman–Crippen MR) is 102 cm³/mol. The molecule has 1 fully saturated rings. The van der Waals surface area contributed by atoms with Gasteiger partial charge in [0, 0.05) is 30.4 Å². The van der Waals surface area contributed by atoms with Crippen LogP contribution in [0.15, 0.2) is 48.5 Å². The van der Waals surface area contributed by atoms with E-state index in [0.717, 1.165) is 51.1 Å². The molecule has 4 nitrogen and oxygen atoms in total. The van der Waals surface area contributed by atoms with E-state index >= 15 is 0 Å². The summed E-state index contributed by atoms with van der Waals surface area (Å²) in [5.74, 6) is 0.296. The molecule has 130 valence electrons. The maximum Gasteiger partial charge on any atom is 0.227 e. The predicted octanol–water partition coefficient (Wildman–Crippen LogP) is 3.19. The molecule has 0 unspecified atom stereocenters. The highest BCUT2D eigenvalue weighted by Crippen LogP contribution is 2.29. The van der Waals surface area contributed by atoms with E-state index in [1.165, 1.54) is 16.8 Å². The van der Waals surface area contributed by atoms with E-state index in [-0.39, 0.29) is 11.8 Å². The van der Waals surface area contributed by atoms with Crippen LogP contribution >= 0.6 is 0 Å². The SMILES string of the molecule is O=C(Nc1ccc(CN2CCc3ccccc32)cc1)C1CCNCC1. The number of fused-ring (bicyclic) bond motifs is 1. The lowest BCUT2D eigenvalue weighted by molar-refractivity contribution is -0.120. The molecule has 4 heteroatoms. The van der Waals surface area contributed by atoms with Crippen molar-refractivity contribution in [2.24, 2.45) is 5.92 Å². The van der Waals surface area contributed by atoms with Gasteiger partial charge in [-0.15, -0.1) is 0 Å². The van der Waals surface area contributed by atoms with Gasteiger partial charge in [0.1, 0.15) is 0 Å². The normalized spacial score (nSPS) is 17.4. The van der Waals surface area contributed by atoms with Gasteiger partial charge in [0.25, 0.3) is 0 Å². The standard InChI is InChI=1S/C21H25N3O/c25-21(18-9-12-22-13-10-18)23-19-7-5-16(6-8-19)15-24-14-11-17-3-1-2-4-20(17)24/h1-8,18,22H,9-15H2,(H,23,25). The molecule has 0 aliphatic carbocycles. The number of anilines is 2. The number of amides is 1. The number of piperidine rings is 1. The van der Waals surface area contributed by atoms with Gasteiger partial charge in [-0.25, -0.2) is 0 Å². The Hall–Kier alpha value is -2.33. The minimum atomic E-state index is 0.141. The van der Waals surface area contributed by atoms with Crippen molar-refractivity contribution in [1.29, 1.82) is 0 Å². The molecule has 4 rings (SSSR count). The second-order valence-electron chi connectivity index (χ2n) is 7.01. The second-order valence-corrected chi connectivity index (χ2v) is 7.01. The van der Waals surface area contributed by atoms with Crippen molar-refractivity contribution < 1.29 is 4.79 Å². The van der Waals surface area contributed by atoms with Gasteiger partial charge in [0.2, 0.25) is 5.91 Å². The summed E-state index contributed by atoms with van der Waals surface area (Å²) in [6.45, 7) is 3.87. The average Bonchev–Trinajstić information content (AvgIpc) is 3.07. The highest BCUT2D eigenvalue weighted by atomic mass is 16.1. The maximum absolute atomic E-state index is 12.3. The van der Waals surface area contributed by atoms with Gasteiger partial charge in [-0.3, -0.25) is 4.79 Å². The van der Waals surface area contributed by atoms with Gasteiger partial charge in [-0.05, 0) is 61.7 Å². The summed E-state index contributed by atoms with van der Waals surface area (Å²) >= 11 is 0. The van der Waals surface area contributed by atoms with E-state index in [2.05, 4.69) is 51.9 Å². The number of hydrogen-bond acceptors (Lipinski definition) is 3. The van der Waals surface area contributed by atoms with Gasteiger partial charge in [0.15, 0.2) is 0 Å². The Bertz CT molecular complexity index is 735. The highest BCUT2D eigenvalue weighted by molar-refractivity contribution is 5.92. The van der Waals surface area contributed by atoms with Crippen molar-refractivity contribution >= 4 is 17.3 Å². The lowest BCUT2D eigenvalue weighted by Gasteiger charge is -2.22. The molecule has 2 N–H and O–H groups in total. The molecule has 25 heavy (non-hydrogen) atoms. The van der Waals surface area contributed by atoms with Crippen LogP contribution in [0, 0.1) is 5.92 Å². The topological polar surface area (TPSA) is 44.4 Å². The first-order valence-electron chi connectivity index (χ1n) is 9.23. The summed E-state index contributed by atoms with van der Waals surface area (Å²) in [6, 6.07) is 16.9. The van der Waals surface area contributed by atoms with Crippen LogP contribution < -0.4 is 15.5 Å². The number of carbonyl (C=O) groups excluding carboxylic acids is 1. The molecule has 0 radical (unpaired) electrons. The average molecular weight is 335 g/mol. The van der Waals surface area contributed by atoms with E-state index in [9.17, 15) is 4.79 Å². The molecule has 0 bridgehead atoms. The first kappa shape index (κ1) is 16.2. The molecule has 2 aromatic carbocycles. The molecular formula is C21H25N3O. The van der Waals surface area contributed by atoms with Crippen LogP contribution in [0.3, 0.4) is 0 Å². The largest absolute Gasteiger partial charge is 0.367 e. The maximum atomic E-state index is 12.3. The number of para-hydroxylation sites is 1. The van der Waals surface area contributed by atoms with E-state index in [4.69, 9.17) is 0 Å². The lowest BCUT2D eigenvalue weighted by atomic mass is 9.97. The third kappa shape index (κ3) is 3.69. The minimum absolute atomic E-state index is 0.141. The Balaban J connectivity index is 1.37. The molecule has 2 aromatic rings. The van der Waals surface area contributed by atoms with Gasteiger partial charge >= 0.3 is 0 Å². The zero-order valence-corrected chi connectivity index (χ0v) is 14.5. The van der Waals surface area contributed by atoms with E-state index < -0.39 is 0 Å². The van der Waals surface area contributed by atoms with Crippen LogP contribution in [0.25, 0.3) is 0 Å². The quantitative estimate of drug-likeness (QED) is 0.902. The molecule has 1 amide bonds. The fourth-order valence-electron chi connectivity index (χ4n) is 3.81. The number of nitrogens with one attached hydrogen (secondary N) is 2. The molecule has 0 spiro atoms. The number of hydrogen-bond donors (Lipinski definition) is 2. The Morgan fingerprint density at radius 1 is 1.08 bits per heavy atom. The molecule has 1 saturated heterocycles. The van der Waals surface area contributed by atoms with Gasteiger partial charge in [-0.2, -0.15) is 0 Å². The minimum Gasteiger partial charge on any atom is -0.367 e. The summed E-state index contributed by atoms with van der Waals surface area (Å²) in [6.07, 6.45) is 2.98. The Morgan fingerprint density at radius 3 is 2.64 bits per heavy atom. The zero-order chi connectivity index (χ0) is 17.1. The highest BCUT2D eigenvalue weighted by Gasteiger charge is 2.21. The molecule has 2 aliphatic rings. The lowest BCUT2D eigenvalue weighted by Crippen LogP contribution is -2.34. The van der Waals surface area contributed by atoms with Crippen LogP contribution in [0.1, 0.15) is 24.0 Å². The molecule has 2 aliphatic heterocycles. The van der Waals surface area contributed by atoms with Crippen LogP contribution in [0.5, 0.6) is 0 Å². The smallest absolute Gasteiger partial charge is 0.227 e. The Kier molecular flexibility index (Phi) is 4.70. The van der Waals surface area contributed by atoms with Crippen LogP contribution in [0.4, 0.5) is 11.4 Å². The molecule has 0 atom stereocenters. The van der Waals surface area contributed by atoms with E-state index in [1.54, 1.807) is 0 Å². The summed E-state index contributed by atoms with van der Waals surface area (Å²) < 4.78 is 0. The van der Waals surface area contributed by atoms with Crippen molar-refractivity contribution in [2.45, 2.75) is 25.8 Å². The van der Waals surface area contributed by atoms with Crippen LogP contribution in [0.2, 0.25) is 0 Å². The number of carbonyl (C=O) groups is 1. The van der Waals surface area contributed by atoms with Crippen molar-refractivity contribution in [3.8, 4) is 0 Å². The molecule has 0 saturated carbocycles. The Morgan fingerprint density at radius 2 is 1.84 bits per heavy atom. The van der Waals surface area contributed by atoms with Crippen molar-refractivity contribution in [3.05, 3.63) is 59.7 Å². The van der Waals surface area contributed by atoms with E-state index in [1.807, 2.05) is 12.1 Å². The van der Waals surface area contributed by atoms with Crippen molar-refractivity contribution in [2.75, 3.05) is 29.9 Å². The third-order valence-corrected chi connectivity index (χ3v) is 5.29. The number of rotatable bonds is 4. The van der Waals surface area contributed by atoms with Crippen LogP contribution in [-0.4, -0.2) is 25.5 Å². The van der Waals surface area contributed by atoms with Gasteiger partial charge in [0.05, 0.1) is 0 Å². The number of benzene rings is 2. The van der Waals surface area contributed by atoms with Crippen molar-refractivity contribution in [1.82, 2.24) is 5.32 Å². The summed E-state index contributed by atoms with van der Waals surface area (Å²) in [4.78, 5) is 14.7. The van der Waals surface area contributed by atoms with Crippen LogP contribution in [-0.2, 0) is 17.8 Å². The first-order chi connectivity index (χ1) is 12.3. The fourth-order valence-corrected chi connectivity index (χ4v) is 3.81. The first-order valence-corrected chi connectivity index (χ1v) is 9.23. The fraction of sp³-hybridized carbons (Fsp3) is 0.381. The summed E-state index contributed by atoms with van der Waals surface area (Å²) in [5, 5.41) is 6.37.